The van der Waals surface area contributed by atoms with Gasteiger partial charge in [-0.25, -0.2) is 9.78 Å². The first-order valence-electron chi connectivity index (χ1n) is 5.49. The number of aromatic nitrogens is 2. The number of carbonyl (C=O) groups excluding carboxylic acids is 2. The zero-order chi connectivity index (χ0) is 13.1. The number of rotatable bonds is 4. The van der Waals surface area contributed by atoms with E-state index in [2.05, 4.69) is 15.3 Å². The Bertz CT molecular complexity index is 469. The van der Waals surface area contributed by atoms with E-state index in [1.54, 1.807) is 12.5 Å². The molecule has 0 unspecified atom stereocenters. The molecule has 0 spiro atoms. The fraction of sp³-hybridized carbons (Fsp3) is 0.400. The summed E-state index contributed by atoms with van der Waals surface area (Å²) < 4.78 is 0. The summed E-state index contributed by atoms with van der Waals surface area (Å²) in [6, 6.07) is -0.447. The van der Waals surface area contributed by atoms with E-state index >= 15 is 0 Å². The molecule has 2 heterocycles. The van der Waals surface area contributed by atoms with Crippen LogP contribution < -0.4 is 11.1 Å². The van der Waals surface area contributed by atoms with Crippen LogP contribution in [-0.2, 0) is 11.2 Å². The number of H-pyrrole nitrogens is 1. The SMILES string of the molecule is N=C(N)[C@H]1CN(CCc2cnc[nH]2)C(=O)NC1=O. The molecule has 2 rings (SSSR count). The molecule has 0 aliphatic carbocycles. The average molecular weight is 250 g/mol. The smallest absolute Gasteiger partial charge is 0.324 e. The summed E-state index contributed by atoms with van der Waals surface area (Å²) in [6.45, 7) is 0.583. The van der Waals surface area contributed by atoms with Crippen LogP contribution in [0.2, 0.25) is 0 Å². The number of carbonyl (C=O) groups is 2. The summed E-state index contributed by atoms with van der Waals surface area (Å²) in [4.78, 5) is 31.3. The lowest BCUT2D eigenvalue weighted by molar-refractivity contribution is -0.123. The zero-order valence-corrected chi connectivity index (χ0v) is 9.64. The molecule has 1 aromatic rings. The second-order valence-electron chi connectivity index (χ2n) is 4.08. The monoisotopic (exact) mass is 250 g/mol. The Balaban J connectivity index is 1.97. The number of nitrogens with one attached hydrogen (secondary N) is 3. The minimum absolute atomic E-state index is 0.147. The molecule has 0 radical (unpaired) electrons. The summed E-state index contributed by atoms with van der Waals surface area (Å²) in [5.74, 6) is -1.50. The zero-order valence-electron chi connectivity index (χ0n) is 9.64. The van der Waals surface area contributed by atoms with Crippen LogP contribution in [0.4, 0.5) is 4.79 Å². The van der Waals surface area contributed by atoms with E-state index in [0.29, 0.717) is 13.0 Å². The first kappa shape index (κ1) is 12.1. The maximum Gasteiger partial charge on any atom is 0.324 e. The van der Waals surface area contributed by atoms with Crippen LogP contribution in [0.25, 0.3) is 0 Å². The van der Waals surface area contributed by atoms with Crippen molar-refractivity contribution in [1.82, 2.24) is 20.2 Å². The Hall–Kier alpha value is -2.38. The lowest BCUT2D eigenvalue weighted by Crippen LogP contribution is -2.57. The number of amides is 3. The van der Waals surface area contributed by atoms with Gasteiger partial charge in [0.1, 0.15) is 11.8 Å². The molecule has 0 aromatic carbocycles. The predicted molar refractivity (Wildman–Crippen MR) is 62.8 cm³/mol. The molecule has 1 fully saturated rings. The Morgan fingerprint density at radius 1 is 1.61 bits per heavy atom. The quantitative estimate of drug-likeness (QED) is 0.406. The topological polar surface area (TPSA) is 128 Å². The van der Waals surface area contributed by atoms with Crippen molar-refractivity contribution in [2.24, 2.45) is 11.7 Å². The molecule has 96 valence electrons. The Labute approximate surface area is 103 Å². The van der Waals surface area contributed by atoms with Gasteiger partial charge in [-0.15, -0.1) is 0 Å². The highest BCUT2D eigenvalue weighted by atomic mass is 16.2. The van der Waals surface area contributed by atoms with Crippen molar-refractivity contribution in [1.29, 1.82) is 5.41 Å². The van der Waals surface area contributed by atoms with Crippen molar-refractivity contribution >= 4 is 17.8 Å². The van der Waals surface area contributed by atoms with Crippen molar-refractivity contribution in [3.05, 3.63) is 18.2 Å². The average Bonchev–Trinajstić information content (AvgIpc) is 2.80. The van der Waals surface area contributed by atoms with E-state index in [4.69, 9.17) is 11.1 Å². The van der Waals surface area contributed by atoms with Crippen LogP contribution in [0.1, 0.15) is 5.69 Å². The Morgan fingerprint density at radius 3 is 3.00 bits per heavy atom. The van der Waals surface area contributed by atoms with Crippen LogP contribution in [0.5, 0.6) is 0 Å². The molecule has 8 heteroatoms. The van der Waals surface area contributed by atoms with Gasteiger partial charge in [-0.3, -0.25) is 15.5 Å². The van der Waals surface area contributed by atoms with Gasteiger partial charge in [0.25, 0.3) is 0 Å². The molecule has 1 aromatic heterocycles. The van der Waals surface area contributed by atoms with Gasteiger partial charge in [-0.05, 0) is 0 Å². The molecular formula is C10H14N6O2. The van der Waals surface area contributed by atoms with Crippen LogP contribution >= 0.6 is 0 Å². The Kier molecular flexibility index (Phi) is 3.26. The molecule has 1 saturated heterocycles. The molecule has 0 saturated carbocycles. The normalized spacial score (nSPS) is 19.8. The molecule has 18 heavy (non-hydrogen) atoms. The third-order valence-electron chi connectivity index (χ3n) is 2.82. The van der Waals surface area contributed by atoms with Crippen molar-refractivity contribution in [2.45, 2.75) is 6.42 Å². The molecule has 0 bridgehead atoms. The molecular weight excluding hydrogens is 236 g/mol. The maximum absolute atomic E-state index is 11.6. The van der Waals surface area contributed by atoms with Crippen LogP contribution in [0, 0.1) is 11.3 Å². The second-order valence-corrected chi connectivity index (χ2v) is 4.08. The van der Waals surface area contributed by atoms with Crippen LogP contribution in [0.15, 0.2) is 12.5 Å². The third kappa shape index (κ3) is 2.47. The van der Waals surface area contributed by atoms with E-state index in [0.717, 1.165) is 5.69 Å². The summed E-state index contributed by atoms with van der Waals surface area (Å²) >= 11 is 0. The van der Waals surface area contributed by atoms with Crippen molar-refractivity contribution in [2.75, 3.05) is 13.1 Å². The predicted octanol–water partition coefficient (Wildman–Crippen LogP) is -0.944. The third-order valence-corrected chi connectivity index (χ3v) is 2.82. The highest BCUT2D eigenvalue weighted by molar-refractivity contribution is 6.08. The fourth-order valence-corrected chi connectivity index (χ4v) is 1.77. The van der Waals surface area contributed by atoms with E-state index in [9.17, 15) is 9.59 Å². The lowest BCUT2D eigenvalue weighted by Gasteiger charge is -2.31. The van der Waals surface area contributed by atoms with Gasteiger partial charge in [0.05, 0.1) is 6.33 Å². The Morgan fingerprint density at radius 2 is 2.39 bits per heavy atom. The van der Waals surface area contributed by atoms with E-state index < -0.39 is 17.9 Å². The number of urea groups is 1. The number of nitrogens with zero attached hydrogens (tertiary/aromatic N) is 2. The number of aromatic amines is 1. The number of imide groups is 1. The summed E-state index contributed by atoms with van der Waals surface area (Å²) in [6.07, 6.45) is 3.84. The first-order valence-corrected chi connectivity index (χ1v) is 5.49. The number of amidine groups is 1. The second kappa shape index (κ2) is 4.86. The molecule has 1 aliphatic rings. The van der Waals surface area contributed by atoms with Crippen LogP contribution in [0.3, 0.4) is 0 Å². The first-order chi connectivity index (χ1) is 8.58. The van der Waals surface area contributed by atoms with Gasteiger partial charge >= 0.3 is 6.03 Å². The molecule has 8 nitrogen and oxygen atoms in total. The molecule has 3 amide bonds. The van der Waals surface area contributed by atoms with Crippen molar-refractivity contribution in [3.8, 4) is 0 Å². The van der Waals surface area contributed by atoms with Gasteiger partial charge in [0, 0.05) is 31.4 Å². The number of nitrogens with two attached hydrogens (primary N) is 1. The molecule has 5 N–H and O–H groups in total. The van der Waals surface area contributed by atoms with Crippen molar-refractivity contribution in [3.63, 3.8) is 0 Å². The van der Waals surface area contributed by atoms with Gasteiger partial charge in [-0.2, -0.15) is 0 Å². The summed E-state index contributed by atoms with van der Waals surface area (Å²) in [5.41, 5.74) is 6.23. The molecule has 1 aliphatic heterocycles. The van der Waals surface area contributed by atoms with E-state index in [1.807, 2.05) is 0 Å². The van der Waals surface area contributed by atoms with Gasteiger partial charge in [0.2, 0.25) is 5.91 Å². The minimum Gasteiger partial charge on any atom is -0.387 e. The van der Waals surface area contributed by atoms with Crippen LogP contribution in [-0.4, -0.2) is 45.7 Å². The minimum atomic E-state index is -0.760. The van der Waals surface area contributed by atoms with Crippen molar-refractivity contribution < 1.29 is 9.59 Å². The standard InChI is InChI=1S/C10H14N6O2/c11-8(12)7-4-16(10(18)15-9(7)17)2-1-6-3-13-5-14-6/h3,5,7H,1-2,4H2,(H3,11,12)(H,13,14)(H,15,17,18)/t7-/m1/s1. The number of imidazole rings is 1. The molecule has 1 atom stereocenters. The highest BCUT2D eigenvalue weighted by Gasteiger charge is 2.33. The fourth-order valence-electron chi connectivity index (χ4n) is 1.77. The van der Waals surface area contributed by atoms with E-state index in [-0.39, 0.29) is 12.4 Å². The summed E-state index contributed by atoms with van der Waals surface area (Å²) in [7, 11) is 0. The maximum atomic E-state index is 11.6. The number of hydrogen-bond acceptors (Lipinski definition) is 4. The van der Waals surface area contributed by atoms with Gasteiger partial charge in [-0.1, -0.05) is 0 Å². The van der Waals surface area contributed by atoms with Gasteiger partial charge in [0.15, 0.2) is 0 Å². The van der Waals surface area contributed by atoms with Gasteiger partial charge < -0.3 is 15.6 Å². The highest BCUT2D eigenvalue weighted by Crippen LogP contribution is 2.09. The number of hydrogen-bond donors (Lipinski definition) is 4. The van der Waals surface area contributed by atoms with E-state index in [1.165, 1.54) is 4.90 Å². The lowest BCUT2D eigenvalue weighted by atomic mass is 10.1. The largest absolute Gasteiger partial charge is 0.387 e. The summed E-state index contributed by atoms with van der Waals surface area (Å²) in [5, 5.41) is 9.50.